The maximum Gasteiger partial charge on any atom is 0.120 e. The number of carbonyl (C=O) groups excluding carboxylic acids is 1. The number of hydrogen-bond acceptors (Lipinski definition) is 1. The molecular formula is C12H21O. The molecule has 0 aromatic heterocycles. The van der Waals surface area contributed by atoms with Gasteiger partial charge in [-0.2, -0.15) is 0 Å². The molecule has 1 heteroatoms. The first kappa shape index (κ1) is 12.4. The summed E-state index contributed by atoms with van der Waals surface area (Å²) >= 11 is 0. The van der Waals surface area contributed by atoms with Crippen LogP contribution in [0.1, 0.15) is 58.3 Å². The molecule has 0 unspecified atom stereocenters. The minimum atomic E-state index is 0.905. The average molecular weight is 181 g/mol. The number of rotatable bonds is 9. The van der Waals surface area contributed by atoms with Gasteiger partial charge in [-0.1, -0.05) is 45.4 Å². The predicted molar refractivity (Wildman–Crippen MR) is 57.2 cm³/mol. The highest BCUT2D eigenvalue weighted by Gasteiger charge is 1.90. The molecule has 0 aromatic rings. The third kappa shape index (κ3) is 11.5. The van der Waals surface area contributed by atoms with E-state index in [1.165, 1.54) is 38.5 Å². The predicted octanol–water partition coefficient (Wildman–Crippen LogP) is 3.72. The molecule has 1 nitrogen and oxygen atoms in total. The van der Waals surface area contributed by atoms with Crippen LogP contribution in [0.15, 0.2) is 6.08 Å². The van der Waals surface area contributed by atoms with E-state index >= 15 is 0 Å². The Morgan fingerprint density at radius 2 is 1.69 bits per heavy atom. The maximum atomic E-state index is 9.83. The second-order valence-corrected chi connectivity index (χ2v) is 3.39. The molecule has 13 heavy (non-hydrogen) atoms. The van der Waals surface area contributed by atoms with Crippen molar-refractivity contribution in [1.82, 2.24) is 0 Å². The molecule has 0 aliphatic rings. The summed E-state index contributed by atoms with van der Waals surface area (Å²) in [6.45, 7) is 2.21. The van der Waals surface area contributed by atoms with Crippen LogP contribution in [-0.2, 0) is 4.79 Å². The Labute approximate surface area is 82.2 Å². The maximum absolute atomic E-state index is 9.83. The second kappa shape index (κ2) is 11.4. The molecule has 0 saturated heterocycles. The molecule has 0 fully saturated rings. The highest BCUT2D eigenvalue weighted by molar-refractivity contribution is 5.44. The van der Waals surface area contributed by atoms with Gasteiger partial charge in [-0.05, 0) is 25.3 Å². The first-order valence-corrected chi connectivity index (χ1v) is 5.42. The molecule has 0 heterocycles. The molecule has 0 bridgehead atoms. The van der Waals surface area contributed by atoms with E-state index in [9.17, 15) is 4.79 Å². The highest BCUT2D eigenvalue weighted by Crippen LogP contribution is 2.08. The fourth-order valence-corrected chi connectivity index (χ4v) is 1.30. The molecule has 0 saturated carbocycles. The molecule has 0 aliphatic heterocycles. The summed E-state index contributed by atoms with van der Waals surface area (Å²) < 4.78 is 0. The molecular weight excluding hydrogens is 160 g/mol. The van der Waals surface area contributed by atoms with Crippen molar-refractivity contribution in [1.29, 1.82) is 0 Å². The summed E-state index contributed by atoms with van der Waals surface area (Å²) in [6.07, 6.45) is 13.7. The van der Waals surface area contributed by atoms with E-state index in [0.717, 1.165) is 12.8 Å². The van der Waals surface area contributed by atoms with Crippen molar-refractivity contribution in [3.8, 4) is 0 Å². The van der Waals surface area contributed by atoms with Crippen LogP contribution in [0.4, 0.5) is 0 Å². The summed E-state index contributed by atoms with van der Waals surface area (Å²) in [4.78, 5) is 9.83. The summed E-state index contributed by atoms with van der Waals surface area (Å²) in [5, 5.41) is 0. The van der Waals surface area contributed by atoms with Gasteiger partial charge in [-0.25, -0.2) is 4.79 Å². The molecule has 0 rings (SSSR count). The third-order valence-electron chi connectivity index (χ3n) is 2.08. The number of hydrogen-bond donors (Lipinski definition) is 0. The number of allylic oxidation sites excluding steroid dienone is 1. The normalized spacial score (nSPS) is 9.62. The summed E-state index contributed by atoms with van der Waals surface area (Å²) in [5.41, 5.74) is 0. The lowest BCUT2D eigenvalue weighted by atomic mass is 10.1. The first-order valence-electron chi connectivity index (χ1n) is 5.42. The molecule has 0 atom stereocenters. The summed E-state index contributed by atoms with van der Waals surface area (Å²) in [6, 6.07) is 0. The van der Waals surface area contributed by atoms with Crippen molar-refractivity contribution in [2.75, 3.05) is 0 Å². The van der Waals surface area contributed by atoms with Gasteiger partial charge in [0.25, 0.3) is 0 Å². The van der Waals surface area contributed by atoms with Crippen LogP contribution in [0.25, 0.3) is 0 Å². The van der Waals surface area contributed by atoms with E-state index in [2.05, 4.69) is 13.3 Å². The number of unbranched alkanes of at least 4 members (excludes halogenated alkanes) is 8. The molecule has 0 amide bonds. The van der Waals surface area contributed by atoms with Crippen molar-refractivity contribution < 1.29 is 4.79 Å². The zero-order chi connectivity index (χ0) is 9.78. The largest absolute Gasteiger partial charge is 0.234 e. The van der Waals surface area contributed by atoms with Crippen molar-refractivity contribution in [3.63, 3.8) is 0 Å². The minimum absolute atomic E-state index is 0.905. The molecule has 0 aliphatic carbocycles. The van der Waals surface area contributed by atoms with Crippen LogP contribution in [0, 0.1) is 6.42 Å². The fraction of sp³-hybridized carbons (Fsp3) is 0.750. The molecule has 75 valence electrons. The van der Waals surface area contributed by atoms with E-state index in [0.29, 0.717) is 0 Å². The van der Waals surface area contributed by atoms with Gasteiger partial charge in [0, 0.05) is 0 Å². The topological polar surface area (TPSA) is 17.1 Å². The van der Waals surface area contributed by atoms with Gasteiger partial charge in [-0.3, -0.25) is 0 Å². The standard InChI is InChI=1S/C12H21O/c1-2-3-4-5-6-7-8-9-10-11-12-13/h4,11H,2-3,5-10H2,1H3. The molecule has 0 aromatic carbocycles. The van der Waals surface area contributed by atoms with E-state index < -0.39 is 0 Å². The summed E-state index contributed by atoms with van der Waals surface area (Å²) in [7, 11) is 0. The van der Waals surface area contributed by atoms with Crippen LogP contribution in [0.3, 0.4) is 0 Å². The van der Waals surface area contributed by atoms with Gasteiger partial charge in [0.05, 0.1) is 0 Å². The van der Waals surface area contributed by atoms with Crippen LogP contribution < -0.4 is 0 Å². The van der Waals surface area contributed by atoms with Gasteiger partial charge < -0.3 is 0 Å². The molecule has 1 radical (unpaired) electrons. The monoisotopic (exact) mass is 181 g/mol. The highest BCUT2D eigenvalue weighted by atomic mass is 16.1. The van der Waals surface area contributed by atoms with Crippen LogP contribution in [0.5, 0.6) is 0 Å². The minimum Gasteiger partial charge on any atom is -0.234 e. The van der Waals surface area contributed by atoms with E-state index in [1.807, 2.05) is 0 Å². The first-order chi connectivity index (χ1) is 6.41. The van der Waals surface area contributed by atoms with Crippen molar-refractivity contribution in [2.24, 2.45) is 0 Å². The van der Waals surface area contributed by atoms with Gasteiger partial charge in [0.15, 0.2) is 0 Å². The third-order valence-corrected chi connectivity index (χ3v) is 2.08. The lowest BCUT2D eigenvalue weighted by Gasteiger charge is -1.98. The van der Waals surface area contributed by atoms with E-state index in [1.54, 1.807) is 12.0 Å². The SMILES string of the molecule is CCC[CH]CCCCCCC=C=O. The Hall–Kier alpha value is -0.550. The van der Waals surface area contributed by atoms with Gasteiger partial charge in [0.1, 0.15) is 5.94 Å². The van der Waals surface area contributed by atoms with Crippen molar-refractivity contribution in [3.05, 3.63) is 12.5 Å². The zero-order valence-corrected chi connectivity index (χ0v) is 8.72. The average Bonchev–Trinajstić information content (AvgIpc) is 2.16. The summed E-state index contributed by atoms with van der Waals surface area (Å²) in [5.74, 6) is 1.81. The Bertz CT molecular complexity index is 134. The van der Waals surface area contributed by atoms with Crippen LogP contribution >= 0.6 is 0 Å². The van der Waals surface area contributed by atoms with Crippen molar-refractivity contribution in [2.45, 2.75) is 58.3 Å². The lowest BCUT2D eigenvalue weighted by molar-refractivity contribution is 0.567. The Balaban J connectivity index is 2.87. The van der Waals surface area contributed by atoms with Crippen LogP contribution in [0.2, 0.25) is 0 Å². The Kier molecular flexibility index (Phi) is 11.0. The Morgan fingerprint density at radius 3 is 2.31 bits per heavy atom. The van der Waals surface area contributed by atoms with Crippen molar-refractivity contribution >= 4 is 5.94 Å². The molecule has 0 N–H and O–H groups in total. The van der Waals surface area contributed by atoms with Gasteiger partial charge in [0.2, 0.25) is 0 Å². The molecule has 0 spiro atoms. The second-order valence-electron chi connectivity index (χ2n) is 3.39. The van der Waals surface area contributed by atoms with Crippen LogP contribution in [-0.4, -0.2) is 5.94 Å². The smallest absolute Gasteiger partial charge is 0.120 e. The quantitative estimate of drug-likeness (QED) is 0.391. The van der Waals surface area contributed by atoms with E-state index in [4.69, 9.17) is 0 Å². The Morgan fingerprint density at radius 1 is 1.00 bits per heavy atom. The fourth-order valence-electron chi connectivity index (χ4n) is 1.30. The zero-order valence-electron chi connectivity index (χ0n) is 8.72. The lowest BCUT2D eigenvalue weighted by Crippen LogP contribution is -1.80. The van der Waals surface area contributed by atoms with E-state index in [-0.39, 0.29) is 0 Å². The van der Waals surface area contributed by atoms with Gasteiger partial charge in [-0.15, -0.1) is 0 Å². The van der Waals surface area contributed by atoms with Gasteiger partial charge >= 0.3 is 0 Å².